The molecule has 0 spiro atoms. The summed E-state index contributed by atoms with van der Waals surface area (Å²) in [5, 5.41) is 0. The lowest BCUT2D eigenvalue weighted by Crippen LogP contribution is -2.10. The lowest BCUT2D eigenvalue weighted by molar-refractivity contribution is -0.142. The van der Waals surface area contributed by atoms with Crippen LogP contribution in [0.25, 0.3) is 0 Å². The van der Waals surface area contributed by atoms with E-state index in [1.54, 1.807) is 18.3 Å². The molecule has 1 heterocycles. The van der Waals surface area contributed by atoms with Crippen LogP contribution < -0.4 is 0 Å². The van der Waals surface area contributed by atoms with E-state index in [0.29, 0.717) is 19.6 Å². The fourth-order valence-corrected chi connectivity index (χ4v) is 3.50. The molecule has 0 N–H and O–H groups in total. The van der Waals surface area contributed by atoms with Gasteiger partial charge in [0.25, 0.3) is 0 Å². The predicted octanol–water partition coefficient (Wildman–Crippen LogP) is 3.03. The monoisotopic (exact) mass is 348 g/mol. The molecule has 0 amide bonds. The molecule has 1 aromatic rings. The summed E-state index contributed by atoms with van der Waals surface area (Å²) in [6.07, 6.45) is 0.878. The van der Waals surface area contributed by atoms with Crippen molar-refractivity contribution in [2.75, 3.05) is 13.2 Å². The molecule has 0 saturated carbocycles. The van der Waals surface area contributed by atoms with Gasteiger partial charge < -0.3 is 9.47 Å². The number of ether oxygens (including phenoxy) is 2. The second kappa shape index (κ2) is 7.65. The first-order valence-electron chi connectivity index (χ1n) is 6.01. The van der Waals surface area contributed by atoms with Crippen LogP contribution in [-0.4, -0.2) is 25.2 Å². The zero-order chi connectivity index (χ0) is 14.4. The van der Waals surface area contributed by atoms with Gasteiger partial charge in [0.15, 0.2) is 0 Å². The maximum Gasteiger partial charge on any atom is 0.310 e. The van der Waals surface area contributed by atoms with Crippen molar-refractivity contribution in [3.63, 3.8) is 0 Å². The fraction of sp³-hybridized carbons (Fsp3) is 0.538. The maximum absolute atomic E-state index is 11.6. The van der Waals surface area contributed by atoms with Gasteiger partial charge in [-0.05, 0) is 40.9 Å². The maximum atomic E-state index is 11.6. The molecule has 19 heavy (non-hydrogen) atoms. The van der Waals surface area contributed by atoms with E-state index in [9.17, 15) is 9.59 Å². The molecule has 0 fully saturated rings. The van der Waals surface area contributed by atoms with Crippen LogP contribution in [0.1, 0.15) is 29.9 Å². The molecule has 6 heteroatoms. The highest BCUT2D eigenvalue weighted by Gasteiger charge is 2.17. The average Bonchev–Trinajstić information content (AvgIpc) is 2.57. The molecule has 106 valence electrons. The minimum absolute atomic E-state index is 0.232. The Labute approximate surface area is 125 Å². The first kappa shape index (κ1) is 16.2. The van der Waals surface area contributed by atoms with Crippen LogP contribution in [0.3, 0.4) is 0 Å². The molecular formula is C13H17BrO4S. The van der Waals surface area contributed by atoms with Crippen molar-refractivity contribution in [2.24, 2.45) is 0 Å². The van der Waals surface area contributed by atoms with E-state index in [1.165, 1.54) is 6.92 Å². The molecule has 1 rings (SSSR count). The number of carbonyl (C=O) groups excluding carboxylic acids is 2. The first-order chi connectivity index (χ1) is 8.95. The Kier molecular flexibility index (Phi) is 6.51. The van der Waals surface area contributed by atoms with E-state index in [4.69, 9.17) is 9.47 Å². The minimum atomic E-state index is -0.292. The number of rotatable bonds is 6. The lowest BCUT2D eigenvalue weighted by atomic mass is 10.1. The Bertz CT molecular complexity index is 467. The summed E-state index contributed by atoms with van der Waals surface area (Å²) in [5.74, 6) is -0.524. The van der Waals surface area contributed by atoms with E-state index >= 15 is 0 Å². The summed E-state index contributed by atoms with van der Waals surface area (Å²) in [5.41, 5.74) is 2.03. The number of esters is 2. The molecule has 0 saturated heterocycles. The van der Waals surface area contributed by atoms with Gasteiger partial charge in [0.1, 0.15) is 0 Å². The number of thiophene rings is 1. The zero-order valence-corrected chi connectivity index (χ0v) is 13.7. The summed E-state index contributed by atoms with van der Waals surface area (Å²) in [6.45, 7) is 5.85. The minimum Gasteiger partial charge on any atom is -0.466 e. The molecule has 0 radical (unpaired) electrons. The van der Waals surface area contributed by atoms with Crippen molar-refractivity contribution in [2.45, 2.75) is 33.6 Å². The van der Waals surface area contributed by atoms with Crippen molar-refractivity contribution >= 4 is 39.2 Å². The Balaban J connectivity index is 2.77. The fourth-order valence-electron chi connectivity index (χ4n) is 1.65. The molecular weight excluding hydrogens is 332 g/mol. The first-order valence-corrected chi connectivity index (χ1v) is 7.62. The summed E-state index contributed by atoms with van der Waals surface area (Å²) in [4.78, 5) is 23.4. The number of carbonyl (C=O) groups is 2. The van der Waals surface area contributed by atoms with Crippen molar-refractivity contribution in [3.05, 3.63) is 19.8 Å². The van der Waals surface area contributed by atoms with E-state index in [-0.39, 0.29) is 18.4 Å². The molecule has 0 bridgehead atoms. The van der Waals surface area contributed by atoms with Crippen LogP contribution in [0.5, 0.6) is 0 Å². The van der Waals surface area contributed by atoms with Crippen LogP contribution in [0.2, 0.25) is 0 Å². The average molecular weight is 349 g/mol. The van der Waals surface area contributed by atoms with Crippen LogP contribution in [-0.2, 0) is 31.9 Å². The summed E-state index contributed by atoms with van der Waals surface area (Å²) >= 11 is 5.05. The molecule has 4 nitrogen and oxygen atoms in total. The summed E-state index contributed by atoms with van der Waals surface area (Å²) in [7, 11) is 0. The highest BCUT2D eigenvalue weighted by Crippen LogP contribution is 2.33. The topological polar surface area (TPSA) is 52.6 Å². The number of hydrogen-bond acceptors (Lipinski definition) is 5. The van der Waals surface area contributed by atoms with Crippen molar-refractivity contribution < 1.29 is 19.1 Å². The van der Waals surface area contributed by atoms with Crippen LogP contribution >= 0.6 is 27.3 Å². The molecule has 1 aromatic heterocycles. The Morgan fingerprint density at radius 1 is 1.32 bits per heavy atom. The quantitative estimate of drug-likeness (QED) is 0.741. The van der Waals surface area contributed by atoms with E-state index in [2.05, 4.69) is 15.9 Å². The van der Waals surface area contributed by atoms with Crippen LogP contribution in [0.4, 0.5) is 0 Å². The number of hydrogen-bond donors (Lipinski definition) is 0. The van der Waals surface area contributed by atoms with Gasteiger partial charge in [0.05, 0.1) is 23.4 Å². The third-order valence-electron chi connectivity index (χ3n) is 2.56. The van der Waals surface area contributed by atoms with Gasteiger partial charge in [-0.1, -0.05) is 0 Å². The van der Waals surface area contributed by atoms with Gasteiger partial charge in [-0.3, -0.25) is 9.59 Å². The van der Waals surface area contributed by atoms with E-state index in [1.807, 2.05) is 6.92 Å². The Morgan fingerprint density at radius 2 is 2.00 bits per heavy atom. The SMILES string of the molecule is CCOC(=O)Cc1c(CCOC(C)=O)sc(Br)c1C. The van der Waals surface area contributed by atoms with Gasteiger partial charge in [-0.2, -0.15) is 0 Å². The van der Waals surface area contributed by atoms with Gasteiger partial charge in [-0.25, -0.2) is 0 Å². The second-order valence-corrected chi connectivity index (χ2v) is 6.40. The number of halogens is 1. The van der Waals surface area contributed by atoms with Crippen LogP contribution in [0, 0.1) is 6.92 Å². The Morgan fingerprint density at radius 3 is 2.58 bits per heavy atom. The van der Waals surface area contributed by atoms with Crippen molar-refractivity contribution in [3.8, 4) is 0 Å². The van der Waals surface area contributed by atoms with Crippen molar-refractivity contribution in [1.29, 1.82) is 0 Å². The predicted molar refractivity (Wildman–Crippen MR) is 77.4 cm³/mol. The summed E-state index contributed by atoms with van der Waals surface area (Å²) in [6, 6.07) is 0. The second-order valence-electron chi connectivity index (χ2n) is 3.97. The van der Waals surface area contributed by atoms with Crippen molar-refractivity contribution in [1.82, 2.24) is 0 Å². The highest BCUT2D eigenvalue weighted by atomic mass is 79.9. The lowest BCUT2D eigenvalue weighted by Gasteiger charge is -2.06. The van der Waals surface area contributed by atoms with Crippen LogP contribution in [0.15, 0.2) is 3.79 Å². The molecule has 0 aliphatic carbocycles. The highest BCUT2D eigenvalue weighted by molar-refractivity contribution is 9.11. The molecule has 0 aliphatic rings. The molecule has 0 unspecified atom stereocenters. The third kappa shape index (κ3) is 4.95. The molecule has 0 aromatic carbocycles. The smallest absolute Gasteiger partial charge is 0.310 e. The normalized spacial score (nSPS) is 10.3. The third-order valence-corrected chi connectivity index (χ3v) is 4.82. The largest absolute Gasteiger partial charge is 0.466 e. The zero-order valence-electron chi connectivity index (χ0n) is 11.2. The van der Waals surface area contributed by atoms with E-state index < -0.39 is 0 Å². The molecule has 0 aliphatic heterocycles. The standard InChI is InChI=1S/C13H17BrO4S/c1-4-17-12(16)7-10-8(2)13(14)19-11(10)5-6-18-9(3)15/h4-7H2,1-3H3. The van der Waals surface area contributed by atoms with Gasteiger partial charge in [-0.15, -0.1) is 11.3 Å². The molecule has 0 atom stereocenters. The Hall–Kier alpha value is -0.880. The summed E-state index contributed by atoms with van der Waals surface area (Å²) < 4.78 is 10.9. The van der Waals surface area contributed by atoms with E-state index in [0.717, 1.165) is 19.8 Å². The van der Waals surface area contributed by atoms with Gasteiger partial charge >= 0.3 is 11.9 Å². The van der Waals surface area contributed by atoms with Gasteiger partial charge in [0.2, 0.25) is 0 Å². The van der Waals surface area contributed by atoms with Gasteiger partial charge in [0, 0.05) is 18.2 Å².